The minimum atomic E-state index is -3.90. The lowest BCUT2D eigenvalue weighted by atomic mass is 10.2. The topological polar surface area (TPSA) is 47.0 Å². The number of fused-ring (bicyclic) bond motifs is 1. The number of rotatable bonds is 2. The Labute approximate surface area is 115 Å². The number of hydrogen-bond donors (Lipinski definition) is 0. The lowest BCUT2D eigenvalue weighted by Gasteiger charge is -2.06. The minimum Gasteiger partial charge on any atom is -0.219 e. The Balaban J connectivity index is 2.27. The number of aromatic nitrogens is 1. The van der Waals surface area contributed by atoms with Crippen molar-refractivity contribution in [1.29, 1.82) is 0 Å². The molecule has 0 unspecified atom stereocenters. The third-order valence-corrected chi connectivity index (χ3v) is 4.75. The Hall–Kier alpha value is -2.27. The molecule has 5 heteroatoms. The van der Waals surface area contributed by atoms with E-state index in [0.29, 0.717) is 10.9 Å². The van der Waals surface area contributed by atoms with Gasteiger partial charge >= 0.3 is 0 Å². The largest absolute Gasteiger partial charge is 0.232 e. The summed E-state index contributed by atoms with van der Waals surface area (Å²) >= 11 is 0. The van der Waals surface area contributed by atoms with Crippen molar-refractivity contribution in [2.45, 2.75) is 9.79 Å². The fourth-order valence-corrected chi connectivity index (χ4v) is 3.31. The number of nitrogens with zero attached hydrogens (tertiary/aromatic N) is 1. The maximum atomic E-state index is 14.0. The van der Waals surface area contributed by atoms with Gasteiger partial charge in [-0.05, 0) is 24.3 Å². The van der Waals surface area contributed by atoms with Gasteiger partial charge in [-0.3, -0.25) is 0 Å². The van der Waals surface area contributed by atoms with Gasteiger partial charge in [-0.25, -0.2) is 13.4 Å². The van der Waals surface area contributed by atoms with Crippen molar-refractivity contribution in [2.75, 3.05) is 0 Å². The summed E-state index contributed by atoms with van der Waals surface area (Å²) < 4.78 is 38.8. The van der Waals surface area contributed by atoms with Gasteiger partial charge in [0.05, 0.1) is 10.4 Å². The number of hydrogen-bond acceptors (Lipinski definition) is 3. The number of benzene rings is 2. The fourth-order valence-electron chi connectivity index (χ4n) is 1.99. The lowest BCUT2D eigenvalue weighted by molar-refractivity contribution is 0.543. The molecule has 0 bridgehead atoms. The van der Waals surface area contributed by atoms with Gasteiger partial charge in [0.2, 0.25) is 15.8 Å². The van der Waals surface area contributed by atoms with E-state index < -0.39 is 20.7 Å². The molecule has 1 heterocycles. The predicted octanol–water partition coefficient (Wildman–Crippen LogP) is 3.21. The van der Waals surface area contributed by atoms with Crippen LogP contribution in [0.5, 0.6) is 0 Å². The molecule has 20 heavy (non-hydrogen) atoms. The Bertz CT molecular complexity index is 877. The summed E-state index contributed by atoms with van der Waals surface area (Å²) in [6.07, 6.45) is 0. The molecule has 0 saturated carbocycles. The molecule has 3 rings (SSSR count). The summed E-state index contributed by atoms with van der Waals surface area (Å²) in [4.78, 5) is 3.37. The van der Waals surface area contributed by atoms with E-state index in [1.807, 2.05) is 0 Å². The first kappa shape index (κ1) is 12.7. The highest BCUT2D eigenvalue weighted by atomic mass is 32.2. The molecule has 0 aliphatic carbocycles. The third-order valence-electron chi connectivity index (χ3n) is 2.99. The molecule has 100 valence electrons. The van der Waals surface area contributed by atoms with Crippen LogP contribution in [0.1, 0.15) is 0 Å². The average molecular weight is 287 g/mol. The van der Waals surface area contributed by atoms with Gasteiger partial charge in [0, 0.05) is 5.39 Å². The number of pyridine rings is 1. The molecule has 0 N–H and O–H groups in total. The Morgan fingerprint density at radius 1 is 0.900 bits per heavy atom. The molecule has 0 saturated heterocycles. The summed E-state index contributed by atoms with van der Waals surface area (Å²) in [6.45, 7) is 0. The molecule has 0 aliphatic heterocycles. The highest BCUT2D eigenvalue weighted by Gasteiger charge is 2.23. The zero-order valence-electron chi connectivity index (χ0n) is 10.3. The van der Waals surface area contributed by atoms with Crippen LogP contribution in [0.2, 0.25) is 0 Å². The predicted molar refractivity (Wildman–Crippen MR) is 73.6 cm³/mol. The van der Waals surface area contributed by atoms with Crippen molar-refractivity contribution in [1.82, 2.24) is 4.98 Å². The van der Waals surface area contributed by atoms with E-state index in [-0.39, 0.29) is 4.90 Å². The van der Waals surface area contributed by atoms with Crippen LogP contribution in [0.25, 0.3) is 10.9 Å². The van der Waals surface area contributed by atoms with Gasteiger partial charge in [-0.2, -0.15) is 4.39 Å². The molecule has 0 spiro atoms. The standard InChI is InChI=1S/C15H10FNO2S/c16-15-14(10-11-6-4-5-9-13(11)17-15)20(18,19)12-7-2-1-3-8-12/h1-10H. The zero-order valence-corrected chi connectivity index (χ0v) is 11.1. The van der Waals surface area contributed by atoms with Crippen LogP contribution in [-0.2, 0) is 9.84 Å². The summed E-state index contributed by atoms with van der Waals surface area (Å²) in [5.41, 5.74) is 0.428. The van der Waals surface area contributed by atoms with E-state index in [1.54, 1.807) is 42.5 Å². The highest BCUT2D eigenvalue weighted by molar-refractivity contribution is 7.91. The Kier molecular flexibility index (Phi) is 2.99. The maximum Gasteiger partial charge on any atom is 0.232 e. The first-order valence-electron chi connectivity index (χ1n) is 5.94. The minimum absolute atomic E-state index is 0.0518. The number of halogens is 1. The molecule has 1 aromatic heterocycles. The number of sulfone groups is 1. The van der Waals surface area contributed by atoms with Crippen LogP contribution in [0.4, 0.5) is 4.39 Å². The smallest absolute Gasteiger partial charge is 0.219 e. The maximum absolute atomic E-state index is 14.0. The van der Waals surface area contributed by atoms with Crippen molar-refractivity contribution in [2.24, 2.45) is 0 Å². The summed E-state index contributed by atoms with van der Waals surface area (Å²) in [5.74, 6) is -0.979. The molecule has 0 aliphatic rings. The Morgan fingerprint density at radius 3 is 2.30 bits per heavy atom. The van der Waals surface area contributed by atoms with Gasteiger partial charge in [0.15, 0.2) is 0 Å². The Morgan fingerprint density at radius 2 is 1.55 bits per heavy atom. The van der Waals surface area contributed by atoms with E-state index >= 15 is 0 Å². The van der Waals surface area contributed by atoms with Crippen molar-refractivity contribution in [3.63, 3.8) is 0 Å². The molecule has 0 atom stereocenters. The van der Waals surface area contributed by atoms with Crippen LogP contribution in [0, 0.1) is 5.95 Å². The van der Waals surface area contributed by atoms with E-state index in [0.717, 1.165) is 0 Å². The molecule has 2 aromatic carbocycles. The lowest BCUT2D eigenvalue weighted by Crippen LogP contribution is -2.06. The van der Waals surface area contributed by atoms with Gasteiger partial charge < -0.3 is 0 Å². The van der Waals surface area contributed by atoms with E-state index in [1.165, 1.54) is 18.2 Å². The quantitative estimate of drug-likeness (QED) is 0.680. The van der Waals surface area contributed by atoms with Gasteiger partial charge in [-0.1, -0.05) is 36.4 Å². The van der Waals surface area contributed by atoms with E-state index in [9.17, 15) is 12.8 Å². The first-order chi connectivity index (χ1) is 9.59. The number of para-hydroxylation sites is 1. The van der Waals surface area contributed by atoms with Crippen LogP contribution < -0.4 is 0 Å². The molecule has 0 amide bonds. The molecule has 0 radical (unpaired) electrons. The van der Waals surface area contributed by atoms with Crippen LogP contribution in [-0.4, -0.2) is 13.4 Å². The summed E-state index contributed by atoms with van der Waals surface area (Å²) in [5, 5.41) is 0.586. The average Bonchev–Trinajstić information content (AvgIpc) is 2.47. The van der Waals surface area contributed by atoms with Crippen LogP contribution in [0.3, 0.4) is 0 Å². The molecule has 3 nitrogen and oxygen atoms in total. The monoisotopic (exact) mass is 287 g/mol. The molecule has 3 aromatic rings. The first-order valence-corrected chi connectivity index (χ1v) is 7.43. The van der Waals surface area contributed by atoms with Crippen molar-refractivity contribution in [3.8, 4) is 0 Å². The van der Waals surface area contributed by atoms with Crippen molar-refractivity contribution >= 4 is 20.7 Å². The van der Waals surface area contributed by atoms with Crippen molar-refractivity contribution < 1.29 is 12.8 Å². The second kappa shape index (κ2) is 4.68. The van der Waals surface area contributed by atoms with Gasteiger partial charge in [-0.15, -0.1) is 0 Å². The van der Waals surface area contributed by atoms with Crippen molar-refractivity contribution in [3.05, 3.63) is 66.6 Å². The second-order valence-electron chi connectivity index (χ2n) is 4.29. The second-order valence-corrected chi connectivity index (χ2v) is 6.20. The van der Waals surface area contributed by atoms with Crippen LogP contribution in [0.15, 0.2) is 70.5 Å². The molecule has 0 fully saturated rings. The molecular weight excluding hydrogens is 277 g/mol. The fraction of sp³-hybridized carbons (Fsp3) is 0. The summed E-state index contributed by atoms with van der Waals surface area (Å²) in [7, 11) is -3.90. The molecular formula is C15H10FNO2S. The summed E-state index contributed by atoms with van der Waals surface area (Å²) in [6, 6.07) is 15.9. The van der Waals surface area contributed by atoms with Crippen LogP contribution >= 0.6 is 0 Å². The van der Waals surface area contributed by atoms with Gasteiger partial charge in [0.25, 0.3) is 0 Å². The normalized spacial score (nSPS) is 11.7. The SMILES string of the molecule is O=S(=O)(c1ccccc1)c1cc2ccccc2nc1F. The van der Waals surface area contributed by atoms with E-state index in [4.69, 9.17) is 0 Å². The third kappa shape index (κ3) is 2.06. The highest BCUT2D eigenvalue weighted by Crippen LogP contribution is 2.25. The van der Waals surface area contributed by atoms with E-state index in [2.05, 4.69) is 4.98 Å². The zero-order chi connectivity index (χ0) is 14.2. The van der Waals surface area contributed by atoms with Gasteiger partial charge in [0.1, 0.15) is 4.90 Å².